The molecule has 13 nitrogen and oxygen atoms in total. The fourth-order valence-corrected chi connectivity index (χ4v) is 7.96. The van der Waals surface area contributed by atoms with Crippen LogP contribution in [0.15, 0.2) is 42.7 Å². The van der Waals surface area contributed by atoms with E-state index in [0.29, 0.717) is 44.3 Å². The molecule has 0 aromatic heterocycles. The maximum atomic E-state index is 12.6. The summed E-state index contributed by atoms with van der Waals surface area (Å²) < 4.78 is 5.35. The van der Waals surface area contributed by atoms with Crippen LogP contribution in [0.25, 0.3) is 0 Å². The number of carboxylic acid groups (broad SMARTS) is 1. The van der Waals surface area contributed by atoms with Crippen molar-refractivity contribution in [1.29, 1.82) is 0 Å². The number of amides is 4. The van der Waals surface area contributed by atoms with Gasteiger partial charge in [-0.3, -0.25) is 9.59 Å². The summed E-state index contributed by atoms with van der Waals surface area (Å²) in [6.07, 6.45) is 11.7. The Morgan fingerprint density at radius 1 is 0.860 bits per heavy atom. The fourth-order valence-electron chi connectivity index (χ4n) is 7.96. The average Bonchev–Trinajstić information content (AvgIpc) is 3.13. The van der Waals surface area contributed by atoms with Gasteiger partial charge in [0.2, 0.25) is 11.8 Å². The number of carboxylic acids is 1. The molecule has 4 amide bonds. The molecule has 4 aliphatic heterocycles. The van der Waals surface area contributed by atoms with E-state index < -0.39 is 30.0 Å². The smallest absolute Gasteiger partial charge is 0.329 e. The predicted octanol–water partition coefficient (Wildman–Crippen LogP) is 3.05. The van der Waals surface area contributed by atoms with Crippen LogP contribution in [0, 0.1) is 23.7 Å². The standard InChI is InChI=1S/C19H25NO3.C18H29N5O4/c21-18-16(12-11-14-7-3-1-4-8-14)17(20-18)19(22)23-13-15-9-5-2-6-10-15;1-12(19)22-8-2-3-13(11-22)4-5-14-15(17(25)26)23(16(14)24)18(27)21-9-6-20-7-10-21/h2,5-6,9-10,14,16-17H,1,3-4,7-8,11-13H2,(H,20,21);13-15,20H,1-11,19H2,(H,25,26)/t16-,17?;13?,14-,15?/m11/s1. The van der Waals surface area contributed by atoms with Crippen molar-refractivity contribution in [1.82, 2.24) is 25.3 Å². The lowest BCUT2D eigenvalue weighted by molar-refractivity contribution is -0.167. The zero-order valence-corrected chi connectivity index (χ0v) is 29.1. The van der Waals surface area contributed by atoms with Gasteiger partial charge in [-0.2, -0.15) is 0 Å². The van der Waals surface area contributed by atoms with Gasteiger partial charge in [0.25, 0.3) is 0 Å². The number of nitrogens with two attached hydrogens (primary N) is 1. The number of carbonyl (C=O) groups excluding carboxylic acids is 4. The van der Waals surface area contributed by atoms with Gasteiger partial charge >= 0.3 is 18.0 Å². The highest BCUT2D eigenvalue weighted by molar-refractivity contribution is 6.07. The van der Waals surface area contributed by atoms with Gasteiger partial charge in [0.15, 0.2) is 6.04 Å². The van der Waals surface area contributed by atoms with Crippen molar-refractivity contribution >= 4 is 29.8 Å². The molecule has 50 heavy (non-hydrogen) atoms. The van der Waals surface area contributed by atoms with Crippen molar-refractivity contribution in [3.63, 3.8) is 0 Å². The number of urea groups is 1. The Hall–Kier alpha value is -4.13. The van der Waals surface area contributed by atoms with E-state index in [1.807, 2.05) is 35.2 Å². The summed E-state index contributed by atoms with van der Waals surface area (Å²) in [6, 6.07) is 7.63. The molecule has 0 radical (unpaired) electrons. The van der Waals surface area contributed by atoms with E-state index >= 15 is 0 Å². The number of benzene rings is 1. The highest BCUT2D eigenvalue weighted by Gasteiger charge is 2.55. The lowest BCUT2D eigenvalue weighted by atomic mass is 9.80. The van der Waals surface area contributed by atoms with Crippen molar-refractivity contribution in [2.24, 2.45) is 29.4 Å². The van der Waals surface area contributed by atoms with E-state index in [2.05, 4.69) is 17.2 Å². The summed E-state index contributed by atoms with van der Waals surface area (Å²) >= 11 is 0. The molecule has 4 saturated heterocycles. The second-order valence-electron chi connectivity index (χ2n) is 14.4. The minimum atomic E-state index is -1.11. The first kappa shape index (κ1) is 37.1. The molecule has 5 fully saturated rings. The lowest BCUT2D eigenvalue weighted by Gasteiger charge is -2.46. The largest absolute Gasteiger partial charge is 0.480 e. The van der Waals surface area contributed by atoms with Crippen LogP contribution >= 0.6 is 0 Å². The first-order chi connectivity index (χ1) is 24.1. The molecular formula is C37H54N6O7. The van der Waals surface area contributed by atoms with E-state index in [1.165, 1.54) is 32.1 Å². The van der Waals surface area contributed by atoms with Crippen LogP contribution in [0.3, 0.4) is 0 Å². The molecule has 274 valence electrons. The molecule has 6 rings (SSSR count). The fraction of sp³-hybridized carbons (Fsp3) is 0.649. The van der Waals surface area contributed by atoms with Crippen LogP contribution in [0.2, 0.25) is 0 Å². The number of rotatable bonds is 11. The number of ether oxygens (including phenoxy) is 1. The van der Waals surface area contributed by atoms with Gasteiger partial charge in [-0.15, -0.1) is 0 Å². The molecule has 5 atom stereocenters. The SMILES string of the molecule is C=C(N)N1CCCC(CC[C@H]2C(=O)N(C(=O)N3CCNCC3)C2C(=O)O)C1.O=C(OCc1ccccc1)C1NC(=O)[C@@H]1CCC1CCCCC1. The van der Waals surface area contributed by atoms with Gasteiger partial charge in [-0.25, -0.2) is 19.3 Å². The third kappa shape index (κ3) is 9.35. The van der Waals surface area contributed by atoms with E-state index in [9.17, 15) is 29.1 Å². The van der Waals surface area contributed by atoms with Gasteiger partial charge in [-0.1, -0.05) is 69.0 Å². The number of hydrogen-bond donors (Lipinski definition) is 4. The van der Waals surface area contributed by atoms with Crippen molar-refractivity contribution in [2.45, 2.75) is 89.3 Å². The van der Waals surface area contributed by atoms with Crippen molar-refractivity contribution < 1.29 is 33.8 Å². The Morgan fingerprint density at radius 2 is 1.52 bits per heavy atom. The number of aliphatic carboxylic acids is 1. The summed E-state index contributed by atoms with van der Waals surface area (Å²) in [5, 5.41) is 15.4. The number of imide groups is 1. The topological polar surface area (TPSA) is 175 Å². The van der Waals surface area contributed by atoms with Crippen LogP contribution in [0.1, 0.15) is 76.2 Å². The molecule has 3 unspecified atom stereocenters. The van der Waals surface area contributed by atoms with Crippen LogP contribution < -0.4 is 16.4 Å². The highest BCUT2D eigenvalue weighted by Crippen LogP contribution is 2.35. The van der Waals surface area contributed by atoms with E-state index in [-0.39, 0.29) is 30.3 Å². The molecule has 4 heterocycles. The molecule has 1 saturated carbocycles. The first-order valence-electron chi connectivity index (χ1n) is 18.4. The van der Waals surface area contributed by atoms with Gasteiger partial charge in [0.1, 0.15) is 12.6 Å². The molecule has 13 heteroatoms. The first-order valence-corrected chi connectivity index (χ1v) is 18.4. The van der Waals surface area contributed by atoms with E-state index in [1.54, 1.807) is 4.90 Å². The third-order valence-corrected chi connectivity index (χ3v) is 11.0. The normalized spacial score (nSPS) is 26.8. The van der Waals surface area contributed by atoms with Crippen LogP contribution in [0.4, 0.5) is 4.79 Å². The maximum Gasteiger partial charge on any atom is 0.329 e. The van der Waals surface area contributed by atoms with Crippen LogP contribution in [-0.2, 0) is 30.5 Å². The van der Waals surface area contributed by atoms with Gasteiger partial charge in [0, 0.05) is 39.3 Å². The maximum absolute atomic E-state index is 12.6. The highest BCUT2D eigenvalue weighted by atomic mass is 16.5. The average molecular weight is 695 g/mol. The number of nitrogens with zero attached hydrogens (tertiary/aromatic N) is 3. The number of esters is 1. The zero-order valence-electron chi connectivity index (χ0n) is 29.1. The van der Waals surface area contributed by atoms with Gasteiger partial charge in [-0.05, 0) is 55.9 Å². The van der Waals surface area contributed by atoms with E-state index in [4.69, 9.17) is 10.5 Å². The molecule has 0 spiro atoms. The molecule has 1 aliphatic carbocycles. The predicted molar refractivity (Wildman–Crippen MR) is 186 cm³/mol. The van der Waals surface area contributed by atoms with Crippen LogP contribution in [0.5, 0.6) is 0 Å². The molecule has 5 aliphatic rings. The van der Waals surface area contributed by atoms with Gasteiger partial charge in [0.05, 0.1) is 17.7 Å². The van der Waals surface area contributed by atoms with Crippen molar-refractivity contribution in [3.8, 4) is 0 Å². The summed E-state index contributed by atoms with van der Waals surface area (Å²) in [7, 11) is 0. The summed E-state index contributed by atoms with van der Waals surface area (Å²) in [6.45, 7) is 8.00. The molecular weight excluding hydrogens is 640 g/mol. The quantitative estimate of drug-likeness (QED) is 0.199. The number of hydrogen-bond acceptors (Lipinski definition) is 9. The monoisotopic (exact) mass is 694 g/mol. The second kappa shape index (κ2) is 17.7. The number of piperidine rings is 1. The number of carbonyl (C=O) groups is 5. The zero-order chi connectivity index (χ0) is 35.6. The van der Waals surface area contributed by atoms with Gasteiger partial charge < -0.3 is 36.0 Å². The van der Waals surface area contributed by atoms with E-state index in [0.717, 1.165) is 61.6 Å². The Balaban J connectivity index is 0.000000197. The Labute approximate surface area is 294 Å². The molecule has 5 N–H and O–H groups in total. The number of likely N-dealkylation sites (tertiary alicyclic amines) is 2. The van der Waals surface area contributed by atoms with Crippen molar-refractivity contribution in [2.75, 3.05) is 39.3 Å². The Morgan fingerprint density at radius 3 is 2.18 bits per heavy atom. The number of β-lactam (4-membered cyclic amide) rings is 2. The second-order valence-corrected chi connectivity index (χ2v) is 14.4. The molecule has 0 bridgehead atoms. The molecule has 1 aromatic rings. The lowest BCUT2D eigenvalue weighted by Crippen LogP contribution is -2.69. The Bertz CT molecular complexity index is 1360. The number of nitrogens with one attached hydrogen (secondary N) is 2. The summed E-state index contributed by atoms with van der Waals surface area (Å²) in [5.74, 6) is -0.936. The molecule has 1 aromatic carbocycles. The summed E-state index contributed by atoms with van der Waals surface area (Å²) in [4.78, 5) is 65.3. The van der Waals surface area contributed by atoms with Crippen molar-refractivity contribution in [3.05, 3.63) is 48.3 Å². The number of piperazine rings is 1. The minimum Gasteiger partial charge on any atom is -0.480 e. The summed E-state index contributed by atoms with van der Waals surface area (Å²) in [5.41, 5.74) is 6.74. The van der Waals surface area contributed by atoms with Crippen LogP contribution in [-0.4, -0.2) is 101 Å². The minimum absolute atomic E-state index is 0.00229. The third-order valence-electron chi connectivity index (χ3n) is 11.0. The Kier molecular flexibility index (Phi) is 13.1.